The molecule has 0 amide bonds. The van der Waals surface area contributed by atoms with Crippen molar-refractivity contribution in [1.29, 1.82) is 0 Å². The Labute approximate surface area is 192 Å². The molecule has 2 aromatic carbocycles. The van der Waals surface area contributed by atoms with E-state index in [1.165, 1.54) is 24.5 Å². The van der Waals surface area contributed by atoms with Crippen LogP contribution in [-0.2, 0) is 20.9 Å². The second kappa shape index (κ2) is 9.80. The summed E-state index contributed by atoms with van der Waals surface area (Å²) < 4.78 is 35.7. The van der Waals surface area contributed by atoms with Gasteiger partial charge in [-0.1, -0.05) is 48.0 Å². The normalized spacial score (nSPS) is 12.3. The summed E-state index contributed by atoms with van der Waals surface area (Å²) in [5.74, 6) is 1.22. The third-order valence-electron chi connectivity index (χ3n) is 4.75. The highest BCUT2D eigenvalue weighted by Crippen LogP contribution is 2.22. The first-order chi connectivity index (χ1) is 15.9. The number of aromatic nitrogens is 4. The van der Waals surface area contributed by atoms with Crippen molar-refractivity contribution in [2.45, 2.75) is 31.5 Å². The number of ether oxygens (including phenoxy) is 1. The molecule has 2 N–H and O–H groups in total. The Morgan fingerprint density at radius 2 is 1.79 bits per heavy atom. The predicted octanol–water partition coefficient (Wildman–Crippen LogP) is 4.30. The summed E-state index contributed by atoms with van der Waals surface area (Å²) in [6.07, 6.45) is 2.87. The SMILES string of the molecule is Cc1ccc(S(=O)(=O)OCc2cc(Nc3cncc(O[C@@H](C)c4ccccc4)n3)n[nH]2)cc1. The van der Waals surface area contributed by atoms with Crippen molar-refractivity contribution in [1.82, 2.24) is 20.2 Å². The fourth-order valence-corrected chi connectivity index (χ4v) is 3.87. The van der Waals surface area contributed by atoms with Crippen LogP contribution in [0.1, 0.15) is 29.8 Å². The minimum atomic E-state index is -3.87. The average molecular weight is 466 g/mol. The Bertz CT molecular complexity index is 1310. The number of hydrogen-bond donors (Lipinski definition) is 2. The maximum absolute atomic E-state index is 12.3. The van der Waals surface area contributed by atoms with Crippen molar-refractivity contribution < 1.29 is 17.3 Å². The number of hydrogen-bond acceptors (Lipinski definition) is 8. The fourth-order valence-electron chi connectivity index (χ4n) is 2.98. The van der Waals surface area contributed by atoms with E-state index in [0.29, 0.717) is 23.2 Å². The number of anilines is 2. The first-order valence-corrected chi connectivity index (χ1v) is 11.6. The number of rotatable bonds is 9. The van der Waals surface area contributed by atoms with E-state index in [0.717, 1.165) is 11.1 Å². The van der Waals surface area contributed by atoms with Crippen LogP contribution in [0.2, 0.25) is 0 Å². The van der Waals surface area contributed by atoms with Gasteiger partial charge in [0.2, 0.25) is 5.88 Å². The van der Waals surface area contributed by atoms with E-state index in [2.05, 4.69) is 25.5 Å². The molecule has 1 atom stereocenters. The molecule has 0 bridgehead atoms. The van der Waals surface area contributed by atoms with Crippen LogP contribution < -0.4 is 10.1 Å². The lowest BCUT2D eigenvalue weighted by molar-refractivity contribution is 0.217. The summed E-state index contributed by atoms with van der Waals surface area (Å²) in [5.41, 5.74) is 2.46. The van der Waals surface area contributed by atoms with Crippen LogP contribution in [-0.4, -0.2) is 28.6 Å². The Morgan fingerprint density at radius 3 is 2.55 bits per heavy atom. The van der Waals surface area contributed by atoms with E-state index in [9.17, 15) is 8.42 Å². The highest BCUT2D eigenvalue weighted by molar-refractivity contribution is 7.86. The Balaban J connectivity index is 1.36. The maximum atomic E-state index is 12.3. The van der Waals surface area contributed by atoms with E-state index >= 15 is 0 Å². The van der Waals surface area contributed by atoms with Crippen molar-refractivity contribution in [3.8, 4) is 5.88 Å². The summed E-state index contributed by atoms with van der Waals surface area (Å²) >= 11 is 0. The molecular weight excluding hydrogens is 442 g/mol. The van der Waals surface area contributed by atoms with Gasteiger partial charge < -0.3 is 10.1 Å². The minimum absolute atomic E-state index is 0.0998. The summed E-state index contributed by atoms with van der Waals surface area (Å²) in [6, 6.07) is 17.9. The van der Waals surface area contributed by atoms with Crippen LogP contribution in [0, 0.1) is 6.92 Å². The second-order valence-electron chi connectivity index (χ2n) is 7.35. The van der Waals surface area contributed by atoms with Crippen molar-refractivity contribution in [2.24, 2.45) is 0 Å². The smallest absolute Gasteiger partial charge is 0.297 e. The van der Waals surface area contributed by atoms with Crippen LogP contribution >= 0.6 is 0 Å². The van der Waals surface area contributed by atoms with Crippen LogP contribution in [0.25, 0.3) is 0 Å². The maximum Gasteiger partial charge on any atom is 0.297 e. The van der Waals surface area contributed by atoms with Gasteiger partial charge in [0.05, 0.1) is 23.0 Å². The van der Waals surface area contributed by atoms with Gasteiger partial charge in [-0.2, -0.15) is 18.5 Å². The zero-order valence-electron chi connectivity index (χ0n) is 18.1. The summed E-state index contributed by atoms with van der Waals surface area (Å²) in [4.78, 5) is 8.65. The molecule has 170 valence electrons. The van der Waals surface area contributed by atoms with Crippen LogP contribution in [0.4, 0.5) is 11.6 Å². The van der Waals surface area contributed by atoms with Gasteiger partial charge >= 0.3 is 0 Å². The van der Waals surface area contributed by atoms with Crippen molar-refractivity contribution in [3.63, 3.8) is 0 Å². The number of benzene rings is 2. The first-order valence-electron chi connectivity index (χ1n) is 10.2. The lowest BCUT2D eigenvalue weighted by Crippen LogP contribution is -2.06. The zero-order valence-corrected chi connectivity index (χ0v) is 18.9. The summed E-state index contributed by atoms with van der Waals surface area (Å²) in [5, 5.41) is 9.87. The molecule has 4 aromatic rings. The lowest BCUT2D eigenvalue weighted by atomic mass is 10.1. The zero-order chi connectivity index (χ0) is 23.3. The van der Waals surface area contributed by atoms with Gasteiger partial charge in [-0.05, 0) is 31.5 Å². The van der Waals surface area contributed by atoms with Gasteiger partial charge in [-0.15, -0.1) is 0 Å². The van der Waals surface area contributed by atoms with Crippen LogP contribution in [0.5, 0.6) is 5.88 Å². The van der Waals surface area contributed by atoms with Crippen molar-refractivity contribution in [2.75, 3.05) is 5.32 Å². The molecule has 33 heavy (non-hydrogen) atoms. The highest BCUT2D eigenvalue weighted by Gasteiger charge is 2.16. The standard InChI is InChI=1S/C23H23N5O4S/c1-16-8-10-20(11-9-16)33(29,30)31-15-19-12-21(28-27-19)25-22-13-24-14-23(26-22)32-17(2)18-6-4-3-5-7-18/h3-14,17H,15H2,1-2H3,(H2,25,26,27,28)/t17-/m0/s1. The Kier molecular flexibility index (Phi) is 6.66. The molecule has 0 saturated carbocycles. The highest BCUT2D eigenvalue weighted by atomic mass is 32.2. The molecule has 0 spiro atoms. The number of nitrogens with zero attached hydrogens (tertiary/aromatic N) is 3. The van der Waals surface area contributed by atoms with Crippen LogP contribution in [0.15, 0.2) is 78.0 Å². The van der Waals surface area contributed by atoms with E-state index in [1.807, 2.05) is 44.2 Å². The molecule has 0 unspecified atom stereocenters. The molecule has 10 heteroatoms. The molecule has 0 fully saturated rings. The average Bonchev–Trinajstić information content (AvgIpc) is 3.26. The number of aromatic amines is 1. The first kappa shape index (κ1) is 22.4. The van der Waals surface area contributed by atoms with E-state index in [4.69, 9.17) is 8.92 Å². The Morgan fingerprint density at radius 1 is 1.03 bits per heavy atom. The van der Waals surface area contributed by atoms with E-state index < -0.39 is 10.1 Å². The number of nitrogens with one attached hydrogen (secondary N) is 2. The summed E-state index contributed by atoms with van der Waals surface area (Å²) in [7, 11) is -3.87. The van der Waals surface area contributed by atoms with E-state index in [1.54, 1.807) is 18.2 Å². The molecule has 0 saturated heterocycles. The summed E-state index contributed by atoms with van der Waals surface area (Å²) in [6.45, 7) is 3.63. The molecule has 0 aliphatic heterocycles. The van der Waals surface area contributed by atoms with Gasteiger partial charge in [0, 0.05) is 6.07 Å². The topological polar surface area (TPSA) is 119 Å². The van der Waals surface area contributed by atoms with Gasteiger partial charge in [0.1, 0.15) is 12.7 Å². The quantitative estimate of drug-likeness (QED) is 0.351. The molecule has 2 aromatic heterocycles. The molecule has 9 nitrogen and oxygen atoms in total. The monoisotopic (exact) mass is 465 g/mol. The largest absolute Gasteiger partial charge is 0.469 e. The van der Waals surface area contributed by atoms with Gasteiger partial charge in [-0.25, -0.2) is 0 Å². The Hall–Kier alpha value is -3.76. The number of aryl methyl sites for hydroxylation is 1. The van der Waals surface area contributed by atoms with E-state index in [-0.39, 0.29) is 17.6 Å². The van der Waals surface area contributed by atoms with Gasteiger partial charge in [-0.3, -0.25) is 14.3 Å². The third kappa shape index (κ3) is 5.93. The fraction of sp³-hybridized carbons (Fsp3) is 0.174. The van der Waals surface area contributed by atoms with Crippen LogP contribution in [0.3, 0.4) is 0 Å². The molecule has 0 aliphatic carbocycles. The second-order valence-corrected chi connectivity index (χ2v) is 8.96. The number of H-pyrrole nitrogens is 1. The van der Waals surface area contributed by atoms with Crippen molar-refractivity contribution >= 4 is 21.8 Å². The van der Waals surface area contributed by atoms with Crippen molar-refractivity contribution in [3.05, 3.63) is 89.9 Å². The molecule has 0 aliphatic rings. The third-order valence-corrected chi connectivity index (χ3v) is 6.02. The van der Waals surface area contributed by atoms with Gasteiger partial charge in [0.25, 0.3) is 10.1 Å². The molecule has 2 heterocycles. The molecule has 0 radical (unpaired) electrons. The van der Waals surface area contributed by atoms with Gasteiger partial charge in [0.15, 0.2) is 11.6 Å². The lowest BCUT2D eigenvalue weighted by Gasteiger charge is -2.14. The minimum Gasteiger partial charge on any atom is -0.469 e. The predicted molar refractivity (Wildman–Crippen MR) is 123 cm³/mol. The molecule has 4 rings (SSSR count). The molecular formula is C23H23N5O4S.